The minimum absolute atomic E-state index is 0.120. The SMILES string of the molecule is COCCN(CC(=O)O)C(=O)N(C)CC(C)(C)O. The number of methoxy groups -OCH3 is 1. The average Bonchev–Trinajstić information content (AvgIpc) is 2.20. The van der Waals surface area contributed by atoms with Crippen molar-refractivity contribution in [1.82, 2.24) is 9.80 Å². The lowest BCUT2D eigenvalue weighted by Crippen LogP contribution is -2.49. The molecule has 0 rings (SSSR count). The molecule has 0 aliphatic heterocycles. The van der Waals surface area contributed by atoms with Crippen LogP contribution in [0.1, 0.15) is 13.8 Å². The van der Waals surface area contributed by atoms with Gasteiger partial charge in [-0.05, 0) is 13.8 Å². The van der Waals surface area contributed by atoms with Gasteiger partial charge < -0.3 is 24.7 Å². The maximum absolute atomic E-state index is 12.0. The fraction of sp³-hybridized carbons (Fsp3) is 0.818. The Morgan fingerprint density at radius 1 is 1.33 bits per heavy atom. The zero-order valence-electron chi connectivity index (χ0n) is 11.3. The monoisotopic (exact) mass is 262 g/mol. The van der Waals surface area contributed by atoms with Gasteiger partial charge in [0, 0.05) is 20.7 Å². The lowest BCUT2D eigenvalue weighted by atomic mass is 10.1. The van der Waals surface area contributed by atoms with Crippen LogP contribution in [-0.4, -0.2) is 78.0 Å². The van der Waals surface area contributed by atoms with Gasteiger partial charge >= 0.3 is 12.0 Å². The largest absolute Gasteiger partial charge is 0.480 e. The van der Waals surface area contributed by atoms with Gasteiger partial charge in [0.1, 0.15) is 6.54 Å². The summed E-state index contributed by atoms with van der Waals surface area (Å²) in [6.07, 6.45) is 0. The van der Waals surface area contributed by atoms with Crippen LogP contribution in [0, 0.1) is 0 Å². The first-order valence-corrected chi connectivity index (χ1v) is 5.60. The molecule has 0 aliphatic rings. The van der Waals surface area contributed by atoms with E-state index in [0.29, 0.717) is 0 Å². The maximum atomic E-state index is 12.0. The number of aliphatic carboxylic acids is 1. The van der Waals surface area contributed by atoms with Gasteiger partial charge in [0.05, 0.1) is 18.8 Å². The molecule has 0 fully saturated rings. The second-order valence-corrected chi connectivity index (χ2v) is 4.76. The van der Waals surface area contributed by atoms with Crippen molar-refractivity contribution in [2.45, 2.75) is 19.4 Å². The zero-order chi connectivity index (χ0) is 14.3. The molecule has 0 aromatic carbocycles. The smallest absolute Gasteiger partial charge is 0.323 e. The predicted octanol–water partition coefficient (Wildman–Crippen LogP) is -0.158. The summed E-state index contributed by atoms with van der Waals surface area (Å²) in [4.78, 5) is 25.1. The fourth-order valence-electron chi connectivity index (χ4n) is 1.50. The van der Waals surface area contributed by atoms with E-state index in [-0.39, 0.29) is 19.7 Å². The summed E-state index contributed by atoms with van der Waals surface area (Å²) in [6, 6.07) is -0.448. The third kappa shape index (κ3) is 7.08. The van der Waals surface area contributed by atoms with Gasteiger partial charge in [-0.3, -0.25) is 4.79 Å². The molecule has 2 amide bonds. The fourth-order valence-corrected chi connectivity index (χ4v) is 1.50. The van der Waals surface area contributed by atoms with Gasteiger partial charge in [0.2, 0.25) is 0 Å². The minimum Gasteiger partial charge on any atom is -0.480 e. The summed E-state index contributed by atoms with van der Waals surface area (Å²) in [5.41, 5.74) is -1.03. The van der Waals surface area contributed by atoms with Crippen molar-refractivity contribution < 1.29 is 24.5 Å². The number of carbonyl (C=O) groups excluding carboxylic acids is 1. The van der Waals surface area contributed by atoms with Crippen LogP contribution in [0.4, 0.5) is 4.79 Å². The van der Waals surface area contributed by atoms with E-state index < -0.39 is 24.1 Å². The normalized spacial score (nSPS) is 11.2. The van der Waals surface area contributed by atoms with Crippen LogP contribution in [0.15, 0.2) is 0 Å². The van der Waals surface area contributed by atoms with E-state index in [0.717, 1.165) is 4.90 Å². The van der Waals surface area contributed by atoms with Crippen molar-refractivity contribution in [2.75, 3.05) is 40.4 Å². The van der Waals surface area contributed by atoms with Crippen LogP contribution in [0.5, 0.6) is 0 Å². The van der Waals surface area contributed by atoms with Crippen LogP contribution in [-0.2, 0) is 9.53 Å². The Kier molecular flexibility index (Phi) is 6.64. The number of likely N-dealkylation sites (N-methyl/N-ethyl adjacent to an activating group) is 1. The predicted molar refractivity (Wildman–Crippen MR) is 65.4 cm³/mol. The van der Waals surface area contributed by atoms with Crippen LogP contribution in [0.2, 0.25) is 0 Å². The molecular formula is C11H22N2O5. The Morgan fingerprint density at radius 3 is 2.28 bits per heavy atom. The summed E-state index contributed by atoms with van der Waals surface area (Å²) < 4.78 is 4.83. The Labute approximate surface area is 107 Å². The molecule has 0 radical (unpaired) electrons. The van der Waals surface area contributed by atoms with E-state index in [1.807, 2.05) is 0 Å². The van der Waals surface area contributed by atoms with Gasteiger partial charge in [0.25, 0.3) is 0 Å². The van der Waals surface area contributed by atoms with Crippen molar-refractivity contribution in [3.05, 3.63) is 0 Å². The number of hydrogen-bond donors (Lipinski definition) is 2. The highest BCUT2D eigenvalue weighted by Crippen LogP contribution is 2.06. The van der Waals surface area contributed by atoms with Crippen LogP contribution in [0.25, 0.3) is 0 Å². The lowest BCUT2D eigenvalue weighted by Gasteiger charge is -2.30. The van der Waals surface area contributed by atoms with Gasteiger partial charge in [-0.1, -0.05) is 0 Å². The molecule has 7 heteroatoms. The molecule has 0 aliphatic carbocycles. The van der Waals surface area contributed by atoms with E-state index >= 15 is 0 Å². The molecule has 0 unspecified atom stereocenters. The highest BCUT2D eigenvalue weighted by molar-refractivity contribution is 5.80. The van der Waals surface area contributed by atoms with Crippen molar-refractivity contribution in [3.63, 3.8) is 0 Å². The second-order valence-electron chi connectivity index (χ2n) is 4.76. The van der Waals surface area contributed by atoms with Crippen molar-refractivity contribution >= 4 is 12.0 Å². The highest BCUT2D eigenvalue weighted by atomic mass is 16.5. The minimum atomic E-state index is -1.09. The summed E-state index contributed by atoms with van der Waals surface area (Å²) in [6.45, 7) is 3.33. The van der Waals surface area contributed by atoms with Crippen LogP contribution < -0.4 is 0 Å². The molecular weight excluding hydrogens is 240 g/mol. The van der Waals surface area contributed by atoms with Gasteiger partial charge in [0.15, 0.2) is 0 Å². The number of aliphatic hydroxyl groups is 1. The average molecular weight is 262 g/mol. The number of carboxylic acids is 1. The summed E-state index contributed by atoms with van der Waals surface area (Å²) >= 11 is 0. The first-order valence-electron chi connectivity index (χ1n) is 5.60. The number of rotatable bonds is 7. The Hall–Kier alpha value is -1.34. The number of nitrogens with zero attached hydrogens (tertiary/aromatic N) is 2. The first kappa shape index (κ1) is 16.7. The molecule has 0 bridgehead atoms. The third-order valence-electron chi connectivity index (χ3n) is 2.11. The quantitative estimate of drug-likeness (QED) is 0.665. The molecule has 0 spiro atoms. The van der Waals surface area contributed by atoms with E-state index in [9.17, 15) is 14.7 Å². The number of amides is 2. The molecule has 0 saturated carbocycles. The van der Waals surface area contributed by atoms with Crippen molar-refractivity contribution in [3.8, 4) is 0 Å². The van der Waals surface area contributed by atoms with E-state index in [2.05, 4.69) is 0 Å². The number of carboxylic acid groups (broad SMARTS) is 1. The molecule has 106 valence electrons. The van der Waals surface area contributed by atoms with Crippen molar-refractivity contribution in [1.29, 1.82) is 0 Å². The molecule has 0 aromatic heterocycles. The first-order chi connectivity index (χ1) is 8.17. The Bertz CT molecular complexity index is 288. The van der Waals surface area contributed by atoms with Gasteiger partial charge in [-0.25, -0.2) is 4.79 Å². The Morgan fingerprint density at radius 2 is 1.89 bits per heavy atom. The van der Waals surface area contributed by atoms with E-state index in [1.54, 1.807) is 13.8 Å². The van der Waals surface area contributed by atoms with Crippen molar-refractivity contribution in [2.24, 2.45) is 0 Å². The second kappa shape index (κ2) is 7.17. The summed E-state index contributed by atoms with van der Waals surface area (Å²) in [5, 5.41) is 18.4. The van der Waals surface area contributed by atoms with Crippen LogP contribution >= 0.6 is 0 Å². The third-order valence-corrected chi connectivity index (χ3v) is 2.11. The summed E-state index contributed by atoms with van der Waals surface area (Å²) in [7, 11) is 2.99. The lowest BCUT2D eigenvalue weighted by molar-refractivity contribution is -0.137. The number of urea groups is 1. The topological polar surface area (TPSA) is 90.3 Å². The number of hydrogen-bond acceptors (Lipinski definition) is 4. The standard InChI is InChI=1S/C11H22N2O5/c1-11(2,17)8-12(3)10(16)13(5-6-18-4)7-9(14)15/h17H,5-8H2,1-4H3,(H,14,15). The molecule has 0 saturated heterocycles. The molecule has 18 heavy (non-hydrogen) atoms. The van der Waals surface area contributed by atoms with E-state index in [1.165, 1.54) is 19.1 Å². The maximum Gasteiger partial charge on any atom is 0.323 e. The number of carbonyl (C=O) groups is 2. The highest BCUT2D eigenvalue weighted by Gasteiger charge is 2.24. The molecule has 2 N–H and O–H groups in total. The molecule has 0 heterocycles. The Balaban J connectivity index is 4.57. The molecule has 7 nitrogen and oxygen atoms in total. The molecule has 0 aromatic rings. The zero-order valence-corrected chi connectivity index (χ0v) is 11.3. The molecule has 0 atom stereocenters. The van der Waals surface area contributed by atoms with Gasteiger partial charge in [-0.2, -0.15) is 0 Å². The van der Waals surface area contributed by atoms with Gasteiger partial charge in [-0.15, -0.1) is 0 Å². The van der Waals surface area contributed by atoms with E-state index in [4.69, 9.17) is 9.84 Å². The number of ether oxygens (including phenoxy) is 1. The summed E-state index contributed by atoms with van der Waals surface area (Å²) in [5.74, 6) is -1.09. The van der Waals surface area contributed by atoms with Crippen LogP contribution in [0.3, 0.4) is 0 Å².